The van der Waals surface area contributed by atoms with Gasteiger partial charge in [0.05, 0.1) is 6.10 Å². The van der Waals surface area contributed by atoms with Crippen molar-refractivity contribution in [1.82, 2.24) is 4.98 Å². The molecule has 0 radical (unpaired) electrons. The Hall–Kier alpha value is -1.62. The Morgan fingerprint density at radius 1 is 1.32 bits per heavy atom. The van der Waals surface area contributed by atoms with Gasteiger partial charge in [-0.3, -0.25) is 0 Å². The third-order valence-corrected chi connectivity index (χ3v) is 5.17. The normalized spacial score (nSPS) is 32.2. The molecule has 1 saturated carbocycles. The van der Waals surface area contributed by atoms with Gasteiger partial charge in [0.25, 0.3) is 0 Å². The number of carboxylic acid groups (broad SMARTS) is 1. The largest absolute Gasteiger partial charge is 0.477 e. The Bertz CT molecular complexity index is 548. The number of anilines is 1. The number of aliphatic hydroxyl groups is 1. The standard InChI is InChI=1S/C17H24N2O3/c1-11-7-8-15(20)12(10-11)14-5-3-9-19(14)16-6-2-4-13(18-16)17(21)22/h2,4,6,11-12,14-15,20H,3,5,7-10H2,1H3,(H,21,22). The van der Waals surface area contributed by atoms with Crippen LogP contribution in [0.3, 0.4) is 0 Å². The van der Waals surface area contributed by atoms with E-state index in [0.29, 0.717) is 5.92 Å². The molecule has 1 aliphatic carbocycles. The fourth-order valence-electron chi connectivity index (χ4n) is 4.05. The summed E-state index contributed by atoms with van der Waals surface area (Å²) < 4.78 is 0. The lowest BCUT2D eigenvalue weighted by Crippen LogP contribution is -2.44. The highest BCUT2D eigenvalue weighted by atomic mass is 16.4. The number of carboxylic acids is 1. The number of aliphatic hydroxyl groups excluding tert-OH is 1. The van der Waals surface area contributed by atoms with E-state index in [9.17, 15) is 9.90 Å². The molecule has 3 rings (SSSR count). The highest BCUT2D eigenvalue weighted by Crippen LogP contribution is 2.38. The van der Waals surface area contributed by atoms with E-state index in [-0.39, 0.29) is 23.8 Å². The van der Waals surface area contributed by atoms with Crippen molar-refractivity contribution in [2.45, 2.75) is 51.2 Å². The van der Waals surface area contributed by atoms with Crippen LogP contribution < -0.4 is 4.90 Å². The molecule has 5 heteroatoms. The van der Waals surface area contributed by atoms with E-state index in [4.69, 9.17) is 5.11 Å². The van der Waals surface area contributed by atoms with Gasteiger partial charge in [0, 0.05) is 18.5 Å². The molecule has 0 spiro atoms. The SMILES string of the molecule is CC1CCC(O)C(C2CCCN2c2cccc(C(=O)O)n2)C1. The topological polar surface area (TPSA) is 73.7 Å². The van der Waals surface area contributed by atoms with E-state index >= 15 is 0 Å². The van der Waals surface area contributed by atoms with Gasteiger partial charge in [-0.15, -0.1) is 0 Å². The third-order valence-electron chi connectivity index (χ3n) is 5.17. The molecule has 0 bridgehead atoms. The number of aromatic nitrogens is 1. The van der Waals surface area contributed by atoms with Crippen molar-refractivity contribution in [2.75, 3.05) is 11.4 Å². The molecule has 4 atom stereocenters. The average molecular weight is 304 g/mol. The molecular formula is C17H24N2O3. The van der Waals surface area contributed by atoms with Crippen LogP contribution in [0.15, 0.2) is 18.2 Å². The fraction of sp³-hybridized carbons (Fsp3) is 0.647. The quantitative estimate of drug-likeness (QED) is 0.897. The number of nitrogens with zero attached hydrogens (tertiary/aromatic N) is 2. The van der Waals surface area contributed by atoms with Crippen LogP contribution in [-0.2, 0) is 0 Å². The van der Waals surface area contributed by atoms with Crippen molar-refractivity contribution in [3.05, 3.63) is 23.9 Å². The number of carbonyl (C=O) groups is 1. The lowest BCUT2D eigenvalue weighted by Gasteiger charge is -2.39. The van der Waals surface area contributed by atoms with E-state index in [1.165, 1.54) is 6.07 Å². The zero-order chi connectivity index (χ0) is 15.7. The van der Waals surface area contributed by atoms with Gasteiger partial charge in [-0.1, -0.05) is 13.0 Å². The van der Waals surface area contributed by atoms with Gasteiger partial charge < -0.3 is 15.1 Å². The predicted molar refractivity (Wildman–Crippen MR) is 84.1 cm³/mol. The average Bonchev–Trinajstić information content (AvgIpc) is 2.99. The van der Waals surface area contributed by atoms with Gasteiger partial charge in [0.15, 0.2) is 5.69 Å². The van der Waals surface area contributed by atoms with E-state index < -0.39 is 5.97 Å². The van der Waals surface area contributed by atoms with Crippen molar-refractivity contribution >= 4 is 11.8 Å². The van der Waals surface area contributed by atoms with Crippen molar-refractivity contribution in [1.29, 1.82) is 0 Å². The zero-order valence-electron chi connectivity index (χ0n) is 13.0. The van der Waals surface area contributed by atoms with E-state index in [2.05, 4.69) is 16.8 Å². The molecular weight excluding hydrogens is 280 g/mol. The molecule has 1 aromatic rings. The molecule has 0 aromatic carbocycles. The molecule has 2 N–H and O–H groups in total. The van der Waals surface area contributed by atoms with Crippen LogP contribution in [-0.4, -0.2) is 39.9 Å². The Balaban J connectivity index is 1.83. The number of pyridine rings is 1. The molecule has 1 saturated heterocycles. The first-order chi connectivity index (χ1) is 10.6. The van der Waals surface area contributed by atoms with E-state index in [1.807, 2.05) is 6.07 Å². The second kappa shape index (κ2) is 6.24. The van der Waals surface area contributed by atoms with E-state index in [0.717, 1.165) is 44.5 Å². The first-order valence-electron chi connectivity index (χ1n) is 8.21. The van der Waals surface area contributed by atoms with Crippen LogP contribution in [0.2, 0.25) is 0 Å². The summed E-state index contributed by atoms with van der Waals surface area (Å²) in [5.41, 5.74) is 0.0840. The smallest absolute Gasteiger partial charge is 0.354 e. The maximum atomic E-state index is 11.1. The zero-order valence-corrected chi connectivity index (χ0v) is 13.0. The van der Waals surface area contributed by atoms with Crippen molar-refractivity contribution in [2.24, 2.45) is 11.8 Å². The molecule has 1 aromatic heterocycles. The highest BCUT2D eigenvalue weighted by Gasteiger charge is 2.39. The minimum absolute atomic E-state index is 0.0840. The molecule has 120 valence electrons. The first-order valence-corrected chi connectivity index (χ1v) is 8.21. The second-order valence-corrected chi connectivity index (χ2v) is 6.74. The summed E-state index contributed by atoms with van der Waals surface area (Å²) in [6.45, 7) is 3.14. The lowest BCUT2D eigenvalue weighted by molar-refractivity contribution is 0.0389. The number of hydrogen-bond acceptors (Lipinski definition) is 4. The minimum atomic E-state index is -0.996. The molecule has 2 fully saturated rings. The van der Waals surface area contributed by atoms with E-state index in [1.54, 1.807) is 6.07 Å². The third kappa shape index (κ3) is 2.95. The molecule has 22 heavy (non-hydrogen) atoms. The summed E-state index contributed by atoms with van der Waals surface area (Å²) in [6, 6.07) is 5.42. The number of rotatable bonds is 3. The summed E-state index contributed by atoms with van der Waals surface area (Å²) in [7, 11) is 0. The highest BCUT2D eigenvalue weighted by molar-refractivity contribution is 5.85. The first kappa shape index (κ1) is 15.3. The Morgan fingerprint density at radius 2 is 2.14 bits per heavy atom. The second-order valence-electron chi connectivity index (χ2n) is 6.74. The van der Waals surface area contributed by atoms with Gasteiger partial charge in [-0.05, 0) is 50.2 Å². The summed E-state index contributed by atoms with van der Waals surface area (Å²) >= 11 is 0. The Morgan fingerprint density at radius 3 is 2.91 bits per heavy atom. The molecule has 4 unspecified atom stereocenters. The molecule has 5 nitrogen and oxygen atoms in total. The van der Waals surface area contributed by atoms with Gasteiger partial charge in [0.2, 0.25) is 0 Å². The van der Waals surface area contributed by atoms with Crippen molar-refractivity contribution in [3.63, 3.8) is 0 Å². The van der Waals surface area contributed by atoms with Gasteiger partial charge in [0.1, 0.15) is 5.82 Å². The van der Waals surface area contributed by atoms with Crippen LogP contribution in [0.1, 0.15) is 49.5 Å². The van der Waals surface area contributed by atoms with Crippen molar-refractivity contribution < 1.29 is 15.0 Å². The van der Waals surface area contributed by atoms with Crippen LogP contribution in [0.25, 0.3) is 0 Å². The van der Waals surface area contributed by atoms with Crippen LogP contribution in [0.4, 0.5) is 5.82 Å². The Kier molecular flexibility index (Phi) is 4.34. The summed E-state index contributed by atoms with van der Waals surface area (Å²) in [4.78, 5) is 17.6. The summed E-state index contributed by atoms with van der Waals surface area (Å²) in [5.74, 6) is 0.646. The van der Waals surface area contributed by atoms with Gasteiger partial charge in [-0.25, -0.2) is 9.78 Å². The van der Waals surface area contributed by atoms with Crippen LogP contribution >= 0.6 is 0 Å². The summed E-state index contributed by atoms with van der Waals surface area (Å²) in [6.07, 6.45) is 4.88. The maximum Gasteiger partial charge on any atom is 0.354 e. The Labute approximate surface area is 131 Å². The maximum absolute atomic E-state index is 11.1. The number of hydrogen-bond donors (Lipinski definition) is 2. The molecule has 1 aliphatic heterocycles. The monoisotopic (exact) mass is 304 g/mol. The van der Waals surface area contributed by atoms with Gasteiger partial charge >= 0.3 is 5.97 Å². The molecule has 0 amide bonds. The fourth-order valence-corrected chi connectivity index (χ4v) is 4.05. The molecule has 2 heterocycles. The predicted octanol–water partition coefficient (Wildman–Crippen LogP) is 2.55. The van der Waals surface area contributed by atoms with Gasteiger partial charge in [-0.2, -0.15) is 0 Å². The number of aromatic carboxylic acids is 1. The van der Waals surface area contributed by atoms with Crippen LogP contribution in [0, 0.1) is 11.8 Å². The summed E-state index contributed by atoms with van der Waals surface area (Å²) in [5, 5.41) is 19.5. The minimum Gasteiger partial charge on any atom is -0.477 e. The van der Waals surface area contributed by atoms with Crippen LogP contribution in [0.5, 0.6) is 0 Å². The lowest BCUT2D eigenvalue weighted by atomic mass is 9.76. The van der Waals surface area contributed by atoms with Crippen molar-refractivity contribution in [3.8, 4) is 0 Å². The molecule has 2 aliphatic rings.